The van der Waals surface area contributed by atoms with Crippen molar-refractivity contribution in [1.29, 1.82) is 0 Å². The van der Waals surface area contributed by atoms with E-state index in [9.17, 15) is 9.18 Å². The molecule has 0 saturated carbocycles. The quantitative estimate of drug-likeness (QED) is 0.685. The Morgan fingerprint density at radius 1 is 1.21 bits per heavy atom. The average molecular weight is 342 g/mol. The first kappa shape index (κ1) is 16.1. The minimum absolute atomic E-state index is 0.104. The molecule has 1 heterocycles. The molecule has 24 heavy (non-hydrogen) atoms. The lowest BCUT2D eigenvalue weighted by atomic mass is 10.1. The Kier molecular flexibility index (Phi) is 4.57. The number of likely N-dealkylation sites (N-methyl/N-ethyl adjacent to an activating group) is 1. The molecule has 0 unspecified atom stereocenters. The normalized spacial score (nSPS) is 15.8. The average Bonchev–Trinajstić information content (AvgIpc) is 2.82. The van der Waals surface area contributed by atoms with Crippen molar-refractivity contribution in [3.8, 4) is 5.75 Å². The van der Waals surface area contributed by atoms with Crippen LogP contribution in [-0.4, -0.2) is 23.0 Å². The number of thiocarbonyl (C=S) groups is 1. The Bertz CT molecular complexity index is 835. The lowest BCUT2D eigenvalue weighted by molar-refractivity contribution is -0.121. The molecule has 0 aliphatic carbocycles. The summed E-state index contributed by atoms with van der Waals surface area (Å²) in [5.41, 5.74) is 1.56. The van der Waals surface area contributed by atoms with Crippen LogP contribution in [-0.2, 0) is 11.4 Å². The van der Waals surface area contributed by atoms with Gasteiger partial charge in [0, 0.05) is 18.2 Å². The van der Waals surface area contributed by atoms with Crippen LogP contribution in [0.1, 0.15) is 11.1 Å². The maximum absolute atomic E-state index is 13.7. The van der Waals surface area contributed by atoms with Crippen LogP contribution < -0.4 is 10.1 Å². The summed E-state index contributed by atoms with van der Waals surface area (Å²) in [6, 6.07) is 13.7. The van der Waals surface area contributed by atoms with E-state index in [-0.39, 0.29) is 18.3 Å². The van der Waals surface area contributed by atoms with E-state index in [0.717, 1.165) is 0 Å². The molecule has 0 aromatic heterocycles. The molecule has 1 amide bonds. The van der Waals surface area contributed by atoms with Crippen molar-refractivity contribution < 1.29 is 13.9 Å². The monoisotopic (exact) mass is 342 g/mol. The van der Waals surface area contributed by atoms with Gasteiger partial charge in [0.1, 0.15) is 23.9 Å². The molecular formula is C18H15FN2O2S. The molecule has 0 radical (unpaired) electrons. The largest absolute Gasteiger partial charge is 0.488 e. The highest BCUT2D eigenvalue weighted by Crippen LogP contribution is 2.23. The summed E-state index contributed by atoms with van der Waals surface area (Å²) in [5.74, 6) is 0.0418. The number of rotatable bonds is 4. The topological polar surface area (TPSA) is 41.6 Å². The molecule has 1 fully saturated rings. The second kappa shape index (κ2) is 6.80. The Morgan fingerprint density at radius 2 is 1.92 bits per heavy atom. The Labute approximate surface area is 144 Å². The first-order chi connectivity index (χ1) is 11.6. The van der Waals surface area contributed by atoms with Crippen LogP contribution in [0.25, 0.3) is 6.08 Å². The number of amides is 1. The number of benzene rings is 2. The Balaban J connectivity index is 1.83. The summed E-state index contributed by atoms with van der Waals surface area (Å²) in [6.07, 6.45) is 1.68. The second-order valence-electron chi connectivity index (χ2n) is 5.27. The van der Waals surface area contributed by atoms with E-state index in [1.807, 2.05) is 18.2 Å². The standard InChI is InChI=1S/C18H15FN2O2S/c1-21-17(22)15(20-18(21)24)10-12-6-3-5-9-16(12)23-11-13-7-2-4-8-14(13)19/h2-10H,11H2,1H3,(H,20,24). The van der Waals surface area contributed by atoms with E-state index >= 15 is 0 Å². The van der Waals surface area contributed by atoms with Gasteiger partial charge in [-0.05, 0) is 30.4 Å². The van der Waals surface area contributed by atoms with Crippen molar-refractivity contribution >= 4 is 29.3 Å². The van der Waals surface area contributed by atoms with Crippen LogP contribution in [0.3, 0.4) is 0 Å². The van der Waals surface area contributed by atoms with Gasteiger partial charge in [0.2, 0.25) is 0 Å². The number of halogens is 1. The number of carbonyl (C=O) groups is 1. The molecule has 1 aliphatic rings. The van der Waals surface area contributed by atoms with Crippen molar-refractivity contribution in [2.45, 2.75) is 6.61 Å². The van der Waals surface area contributed by atoms with Crippen LogP contribution in [0.2, 0.25) is 0 Å². The SMILES string of the molecule is CN1C(=O)C(=Cc2ccccc2OCc2ccccc2F)NC1=S. The predicted molar refractivity (Wildman–Crippen MR) is 93.7 cm³/mol. The minimum Gasteiger partial charge on any atom is -0.488 e. The zero-order chi connectivity index (χ0) is 17.1. The molecule has 3 rings (SSSR count). The fourth-order valence-electron chi connectivity index (χ4n) is 2.28. The molecule has 1 aliphatic heterocycles. The Morgan fingerprint density at radius 3 is 2.62 bits per heavy atom. The van der Waals surface area contributed by atoms with Crippen LogP contribution in [0, 0.1) is 5.82 Å². The molecule has 0 spiro atoms. The third-order valence-electron chi connectivity index (χ3n) is 3.64. The van der Waals surface area contributed by atoms with Gasteiger partial charge in [-0.2, -0.15) is 0 Å². The van der Waals surface area contributed by atoms with Gasteiger partial charge < -0.3 is 10.1 Å². The molecule has 122 valence electrons. The maximum Gasteiger partial charge on any atom is 0.276 e. The van der Waals surface area contributed by atoms with Crippen LogP contribution in [0.4, 0.5) is 4.39 Å². The summed E-state index contributed by atoms with van der Waals surface area (Å²) in [4.78, 5) is 13.4. The van der Waals surface area contributed by atoms with E-state index in [1.54, 1.807) is 37.4 Å². The van der Waals surface area contributed by atoms with Gasteiger partial charge in [-0.1, -0.05) is 36.4 Å². The van der Waals surface area contributed by atoms with Crippen LogP contribution in [0.5, 0.6) is 5.75 Å². The van der Waals surface area contributed by atoms with Crippen molar-refractivity contribution in [3.05, 3.63) is 71.2 Å². The predicted octanol–water partition coefficient (Wildman–Crippen LogP) is 3.09. The van der Waals surface area contributed by atoms with Gasteiger partial charge in [-0.25, -0.2) is 4.39 Å². The number of nitrogens with zero attached hydrogens (tertiary/aromatic N) is 1. The summed E-state index contributed by atoms with van der Waals surface area (Å²) in [7, 11) is 1.61. The number of nitrogens with one attached hydrogen (secondary N) is 1. The van der Waals surface area contributed by atoms with Crippen LogP contribution >= 0.6 is 12.2 Å². The number of para-hydroxylation sites is 1. The smallest absolute Gasteiger partial charge is 0.276 e. The molecule has 1 saturated heterocycles. The molecule has 0 atom stereocenters. The van der Waals surface area contributed by atoms with Crippen LogP contribution in [0.15, 0.2) is 54.2 Å². The lowest BCUT2D eigenvalue weighted by Gasteiger charge is -2.10. The fraction of sp³-hybridized carbons (Fsp3) is 0.111. The highest BCUT2D eigenvalue weighted by atomic mass is 32.1. The highest BCUT2D eigenvalue weighted by molar-refractivity contribution is 7.80. The summed E-state index contributed by atoms with van der Waals surface area (Å²) >= 11 is 5.05. The Hall–Kier alpha value is -2.73. The molecule has 2 aromatic carbocycles. The van der Waals surface area contributed by atoms with E-state index in [1.165, 1.54) is 11.0 Å². The van der Waals surface area contributed by atoms with Crippen molar-refractivity contribution in [1.82, 2.24) is 10.2 Å². The first-order valence-corrected chi connectivity index (χ1v) is 7.73. The van der Waals surface area contributed by atoms with E-state index in [0.29, 0.717) is 27.7 Å². The van der Waals surface area contributed by atoms with E-state index in [2.05, 4.69) is 5.32 Å². The zero-order valence-electron chi connectivity index (χ0n) is 13.0. The van der Waals surface area contributed by atoms with Gasteiger partial charge in [-0.3, -0.25) is 9.69 Å². The van der Waals surface area contributed by atoms with E-state index < -0.39 is 0 Å². The second-order valence-corrected chi connectivity index (χ2v) is 5.66. The number of hydrogen-bond donors (Lipinski definition) is 1. The van der Waals surface area contributed by atoms with Gasteiger partial charge in [0.25, 0.3) is 5.91 Å². The first-order valence-electron chi connectivity index (χ1n) is 7.32. The molecule has 4 nitrogen and oxygen atoms in total. The minimum atomic E-state index is -0.312. The highest BCUT2D eigenvalue weighted by Gasteiger charge is 2.27. The van der Waals surface area contributed by atoms with Crippen molar-refractivity contribution in [2.75, 3.05) is 7.05 Å². The third-order valence-corrected chi connectivity index (χ3v) is 4.02. The summed E-state index contributed by atoms with van der Waals surface area (Å²) in [6.45, 7) is 0.104. The zero-order valence-corrected chi connectivity index (χ0v) is 13.8. The maximum atomic E-state index is 13.7. The molecular weight excluding hydrogens is 327 g/mol. The third kappa shape index (κ3) is 3.28. The number of hydrogen-bond acceptors (Lipinski definition) is 3. The van der Waals surface area contributed by atoms with Gasteiger partial charge >= 0.3 is 0 Å². The molecule has 6 heteroatoms. The molecule has 0 bridgehead atoms. The van der Waals surface area contributed by atoms with Gasteiger partial charge in [-0.15, -0.1) is 0 Å². The summed E-state index contributed by atoms with van der Waals surface area (Å²) in [5, 5.41) is 3.22. The van der Waals surface area contributed by atoms with Crippen molar-refractivity contribution in [2.24, 2.45) is 0 Å². The molecule has 2 aromatic rings. The van der Waals surface area contributed by atoms with Crippen molar-refractivity contribution in [3.63, 3.8) is 0 Å². The number of carbonyl (C=O) groups excluding carboxylic acids is 1. The fourth-order valence-corrected chi connectivity index (χ4v) is 2.47. The van der Waals surface area contributed by atoms with E-state index in [4.69, 9.17) is 17.0 Å². The van der Waals surface area contributed by atoms with Gasteiger partial charge in [0.05, 0.1) is 0 Å². The lowest BCUT2D eigenvalue weighted by Crippen LogP contribution is -2.25. The summed E-state index contributed by atoms with van der Waals surface area (Å²) < 4.78 is 19.4. The van der Waals surface area contributed by atoms with Gasteiger partial charge in [0.15, 0.2) is 5.11 Å². The number of ether oxygens (including phenoxy) is 1. The molecule has 1 N–H and O–H groups in total.